The summed E-state index contributed by atoms with van der Waals surface area (Å²) in [5, 5.41) is 0. The highest BCUT2D eigenvalue weighted by atomic mass is 15.0. The first-order chi connectivity index (χ1) is 4.86. The molecule has 0 fully saturated rings. The summed E-state index contributed by atoms with van der Waals surface area (Å²) in [6.07, 6.45) is 3.63. The molecule has 0 bridgehead atoms. The van der Waals surface area contributed by atoms with Gasteiger partial charge in [-0.3, -0.25) is 0 Å². The van der Waals surface area contributed by atoms with Crippen LogP contribution in [0.4, 0.5) is 5.95 Å². The monoisotopic (exact) mass is 135 g/mol. The second-order valence-corrected chi connectivity index (χ2v) is 2.07. The average molecular weight is 135 g/mol. The molecular formula is C6H7N4+. The highest BCUT2D eigenvalue weighted by Crippen LogP contribution is 2.07. The van der Waals surface area contributed by atoms with Gasteiger partial charge in [0.2, 0.25) is 0 Å². The molecule has 4 N–H and O–H groups in total. The van der Waals surface area contributed by atoms with Crippen molar-refractivity contribution < 1.29 is 4.98 Å². The van der Waals surface area contributed by atoms with Crippen molar-refractivity contribution in [3.8, 4) is 0 Å². The number of nitrogens with one attached hydrogen (secondary N) is 2. The van der Waals surface area contributed by atoms with Crippen molar-refractivity contribution in [1.82, 2.24) is 9.97 Å². The second kappa shape index (κ2) is 1.70. The van der Waals surface area contributed by atoms with E-state index in [0.717, 1.165) is 11.0 Å². The number of aromatic nitrogens is 3. The number of hydrogen-bond acceptors (Lipinski definition) is 2. The van der Waals surface area contributed by atoms with Gasteiger partial charge in [-0.1, -0.05) is 0 Å². The third kappa shape index (κ3) is 0.621. The number of H-pyrrole nitrogens is 2. The van der Waals surface area contributed by atoms with Gasteiger partial charge in [0.25, 0.3) is 0 Å². The maximum absolute atomic E-state index is 5.41. The molecule has 10 heavy (non-hydrogen) atoms. The highest BCUT2D eigenvalue weighted by molar-refractivity contribution is 5.74. The van der Waals surface area contributed by atoms with E-state index in [9.17, 15) is 0 Å². The van der Waals surface area contributed by atoms with E-state index in [0.29, 0.717) is 5.95 Å². The van der Waals surface area contributed by atoms with E-state index >= 15 is 0 Å². The number of nitrogens with two attached hydrogens (primary N) is 1. The molecular weight excluding hydrogens is 128 g/mol. The first-order valence-corrected chi connectivity index (χ1v) is 2.97. The van der Waals surface area contributed by atoms with Crippen molar-refractivity contribution in [3.05, 3.63) is 18.5 Å². The summed E-state index contributed by atoms with van der Waals surface area (Å²) in [7, 11) is 0. The number of fused-ring (bicyclic) bond motifs is 1. The van der Waals surface area contributed by atoms with Crippen molar-refractivity contribution in [2.45, 2.75) is 0 Å². The van der Waals surface area contributed by atoms with Crippen LogP contribution in [0, 0.1) is 0 Å². The predicted octanol–water partition coefficient (Wildman–Crippen LogP) is -0.0408. The van der Waals surface area contributed by atoms with E-state index in [-0.39, 0.29) is 0 Å². The molecule has 0 aliphatic carbocycles. The summed E-state index contributed by atoms with van der Waals surface area (Å²) in [5.41, 5.74) is 7.23. The number of hydrogen-bond donors (Lipinski definition) is 2. The molecule has 0 aromatic carbocycles. The SMILES string of the molecule is Nc1nc2cc[nH+]cc2[nH]1. The Kier molecular flexibility index (Phi) is 0.887. The van der Waals surface area contributed by atoms with E-state index in [1.165, 1.54) is 0 Å². The first kappa shape index (κ1) is 5.22. The molecule has 2 rings (SSSR count). The Morgan fingerprint density at radius 1 is 1.60 bits per heavy atom. The Labute approximate surface area is 57.1 Å². The topological polar surface area (TPSA) is 68.8 Å². The summed E-state index contributed by atoms with van der Waals surface area (Å²) in [6, 6.07) is 1.86. The van der Waals surface area contributed by atoms with Crippen LogP contribution >= 0.6 is 0 Å². The molecule has 4 nitrogen and oxygen atoms in total. The van der Waals surface area contributed by atoms with Gasteiger partial charge in [-0.15, -0.1) is 0 Å². The van der Waals surface area contributed by atoms with Gasteiger partial charge in [-0.05, 0) is 0 Å². The fourth-order valence-electron chi connectivity index (χ4n) is 0.916. The predicted molar refractivity (Wildman–Crippen MR) is 37.1 cm³/mol. The van der Waals surface area contributed by atoms with Gasteiger partial charge in [0, 0.05) is 6.07 Å². The Morgan fingerprint density at radius 2 is 2.50 bits per heavy atom. The van der Waals surface area contributed by atoms with Gasteiger partial charge in [0.15, 0.2) is 18.3 Å². The highest BCUT2D eigenvalue weighted by Gasteiger charge is 1.98. The van der Waals surface area contributed by atoms with Crippen molar-refractivity contribution in [2.24, 2.45) is 0 Å². The molecule has 0 radical (unpaired) electrons. The molecule has 50 valence electrons. The number of aromatic amines is 2. The molecule has 0 aliphatic heterocycles. The zero-order valence-electron chi connectivity index (χ0n) is 5.26. The quantitative estimate of drug-likeness (QED) is 0.532. The smallest absolute Gasteiger partial charge is 0.198 e. The molecule has 2 aromatic rings. The first-order valence-electron chi connectivity index (χ1n) is 2.97. The molecule has 0 spiro atoms. The molecule has 0 amide bonds. The van der Waals surface area contributed by atoms with Crippen LogP contribution in [0.15, 0.2) is 18.5 Å². The molecule has 0 aliphatic rings. The van der Waals surface area contributed by atoms with Crippen LogP contribution in [-0.4, -0.2) is 9.97 Å². The molecule has 0 saturated carbocycles. The number of imidazole rings is 1. The van der Waals surface area contributed by atoms with Crippen LogP contribution in [0.5, 0.6) is 0 Å². The van der Waals surface area contributed by atoms with Crippen LogP contribution < -0.4 is 10.7 Å². The Hall–Kier alpha value is -1.58. The van der Waals surface area contributed by atoms with E-state index in [4.69, 9.17) is 5.73 Å². The van der Waals surface area contributed by atoms with Crippen molar-refractivity contribution in [2.75, 3.05) is 5.73 Å². The average Bonchev–Trinajstić information content (AvgIpc) is 2.27. The fourth-order valence-corrected chi connectivity index (χ4v) is 0.916. The molecule has 2 heterocycles. The zero-order chi connectivity index (χ0) is 6.97. The standard InChI is InChI=1S/C6H6N4/c7-6-9-4-1-2-8-3-5(4)10-6/h1-3H,(H3,7,9,10)/p+1. The summed E-state index contributed by atoms with van der Waals surface area (Å²) < 4.78 is 0. The molecule has 0 atom stereocenters. The minimum absolute atomic E-state index is 0.453. The lowest BCUT2D eigenvalue weighted by Gasteiger charge is -1.75. The molecule has 0 unspecified atom stereocenters. The summed E-state index contributed by atoms with van der Waals surface area (Å²) >= 11 is 0. The van der Waals surface area contributed by atoms with E-state index in [1.54, 1.807) is 0 Å². The van der Waals surface area contributed by atoms with Gasteiger partial charge in [0.1, 0.15) is 11.0 Å². The zero-order valence-corrected chi connectivity index (χ0v) is 5.26. The molecule has 0 saturated heterocycles. The van der Waals surface area contributed by atoms with Crippen molar-refractivity contribution >= 4 is 17.0 Å². The lowest BCUT2D eigenvalue weighted by Crippen LogP contribution is -1.96. The van der Waals surface area contributed by atoms with E-state index in [2.05, 4.69) is 15.0 Å². The Bertz CT molecular complexity index is 318. The van der Waals surface area contributed by atoms with Gasteiger partial charge < -0.3 is 10.7 Å². The van der Waals surface area contributed by atoms with Gasteiger partial charge in [-0.25, -0.2) is 9.97 Å². The van der Waals surface area contributed by atoms with E-state index < -0.39 is 0 Å². The summed E-state index contributed by atoms with van der Waals surface area (Å²) in [4.78, 5) is 9.83. The van der Waals surface area contributed by atoms with Crippen molar-refractivity contribution in [3.63, 3.8) is 0 Å². The molecule has 2 aromatic heterocycles. The number of nitrogen functional groups attached to an aromatic ring is 1. The maximum atomic E-state index is 5.41. The third-order valence-corrected chi connectivity index (χ3v) is 1.34. The van der Waals surface area contributed by atoms with Crippen LogP contribution in [0.1, 0.15) is 0 Å². The van der Waals surface area contributed by atoms with Gasteiger partial charge in [0.05, 0.1) is 0 Å². The van der Waals surface area contributed by atoms with Gasteiger partial charge in [-0.2, -0.15) is 0 Å². The van der Waals surface area contributed by atoms with Crippen molar-refractivity contribution in [1.29, 1.82) is 0 Å². The lowest BCUT2D eigenvalue weighted by atomic mass is 10.4. The maximum Gasteiger partial charge on any atom is 0.198 e. The van der Waals surface area contributed by atoms with Gasteiger partial charge >= 0.3 is 0 Å². The number of anilines is 1. The fraction of sp³-hybridized carbons (Fsp3) is 0. The summed E-state index contributed by atoms with van der Waals surface area (Å²) in [5.74, 6) is 0.453. The number of pyridine rings is 1. The largest absolute Gasteiger partial charge is 0.369 e. The minimum Gasteiger partial charge on any atom is -0.369 e. The lowest BCUT2D eigenvalue weighted by molar-refractivity contribution is -0.376. The van der Waals surface area contributed by atoms with Crippen LogP contribution in [-0.2, 0) is 0 Å². The normalized spacial score (nSPS) is 10.4. The van der Waals surface area contributed by atoms with Crippen LogP contribution in [0.25, 0.3) is 11.0 Å². The Balaban J connectivity index is 2.88. The Morgan fingerprint density at radius 3 is 3.30 bits per heavy atom. The van der Waals surface area contributed by atoms with Crippen LogP contribution in [0.3, 0.4) is 0 Å². The number of rotatable bonds is 0. The minimum atomic E-state index is 0.453. The third-order valence-electron chi connectivity index (χ3n) is 1.34. The van der Waals surface area contributed by atoms with Crippen LogP contribution in [0.2, 0.25) is 0 Å². The molecule has 4 heteroatoms. The van der Waals surface area contributed by atoms with E-state index in [1.807, 2.05) is 18.5 Å². The second-order valence-electron chi connectivity index (χ2n) is 2.07. The number of nitrogens with zero attached hydrogens (tertiary/aromatic N) is 1. The summed E-state index contributed by atoms with van der Waals surface area (Å²) in [6.45, 7) is 0.